The average molecular weight is 521 g/mol. The lowest BCUT2D eigenvalue weighted by molar-refractivity contribution is -0.141. The van der Waals surface area contributed by atoms with Gasteiger partial charge in [0.15, 0.2) is 0 Å². The highest BCUT2D eigenvalue weighted by atomic mass is 79.9. The van der Waals surface area contributed by atoms with Crippen LogP contribution < -0.4 is 5.32 Å². The van der Waals surface area contributed by atoms with Crippen LogP contribution in [0.2, 0.25) is 0 Å². The Labute approximate surface area is 211 Å². The van der Waals surface area contributed by atoms with Gasteiger partial charge in [0.05, 0.1) is 0 Å². The molecule has 0 fully saturated rings. The summed E-state index contributed by atoms with van der Waals surface area (Å²) in [5.41, 5.74) is 3.15. The Kier molecular flexibility index (Phi) is 9.46. The first kappa shape index (κ1) is 25.7. The summed E-state index contributed by atoms with van der Waals surface area (Å²) < 4.78 is 0.977. The van der Waals surface area contributed by atoms with Gasteiger partial charge < -0.3 is 10.2 Å². The number of amides is 2. The van der Waals surface area contributed by atoms with Crippen molar-refractivity contribution in [2.24, 2.45) is 0 Å². The Morgan fingerprint density at radius 1 is 0.853 bits per heavy atom. The van der Waals surface area contributed by atoms with E-state index < -0.39 is 6.04 Å². The Hall–Kier alpha value is -2.92. The first-order valence-electron chi connectivity index (χ1n) is 11.8. The van der Waals surface area contributed by atoms with Crippen molar-refractivity contribution in [1.82, 2.24) is 10.2 Å². The summed E-state index contributed by atoms with van der Waals surface area (Å²) in [5, 5.41) is 3.04. The normalized spacial score (nSPS) is 12.7. The van der Waals surface area contributed by atoms with E-state index >= 15 is 0 Å². The highest BCUT2D eigenvalue weighted by Gasteiger charge is 2.29. The highest BCUT2D eigenvalue weighted by Crippen LogP contribution is 2.29. The van der Waals surface area contributed by atoms with E-state index in [0.29, 0.717) is 6.54 Å². The van der Waals surface area contributed by atoms with Gasteiger partial charge >= 0.3 is 0 Å². The zero-order chi connectivity index (χ0) is 24.5. The molecule has 2 amide bonds. The first-order valence-corrected chi connectivity index (χ1v) is 12.6. The SMILES string of the molecule is CC[C@H](C)NC(=O)[C@@H](C)N(Cc1ccc(Br)cc1)C(=O)CC(c1ccccc1)c1ccccc1. The lowest BCUT2D eigenvalue weighted by Gasteiger charge is -2.31. The number of rotatable bonds is 10. The van der Waals surface area contributed by atoms with Crippen molar-refractivity contribution in [2.75, 3.05) is 0 Å². The van der Waals surface area contributed by atoms with E-state index in [1.807, 2.05) is 81.4 Å². The fourth-order valence-corrected chi connectivity index (χ4v) is 4.19. The van der Waals surface area contributed by atoms with Gasteiger partial charge in [-0.25, -0.2) is 0 Å². The van der Waals surface area contributed by atoms with Crippen LogP contribution in [0.5, 0.6) is 0 Å². The predicted octanol–water partition coefficient (Wildman–Crippen LogP) is 6.30. The molecule has 0 saturated heterocycles. The van der Waals surface area contributed by atoms with Crippen LogP contribution in [0.3, 0.4) is 0 Å². The van der Waals surface area contributed by atoms with Crippen LogP contribution in [-0.2, 0) is 16.1 Å². The minimum absolute atomic E-state index is 0.0487. The number of hydrogen-bond acceptors (Lipinski definition) is 2. The summed E-state index contributed by atoms with van der Waals surface area (Å²) in [7, 11) is 0. The molecule has 0 unspecified atom stereocenters. The van der Waals surface area contributed by atoms with Gasteiger partial charge in [-0.15, -0.1) is 0 Å². The van der Waals surface area contributed by atoms with E-state index in [1.165, 1.54) is 0 Å². The van der Waals surface area contributed by atoms with Crippen molar-refractivity contribution in [3.8, 4) is 0 Å². The molecule has 0 heterocycles. The summed E-state index contributed by atoms with van der Waals surface area (Å²) in [6.07, 6.45) is 1.12. The Morgan fingerprint density at radius 3 is 1.88 bits per heavy atom. The molecule has 0 aromatic heterocycles. The van der Waals surface area contributed by atoms with E-state index in [2.05, 4.69) is 45.5 Å². The minimum Gasteiger partial charge on any atom is -0.352 e. The molecule has 2 atom stereocenters. The van der Waals surface area contributed by atoms with Crippen LogP contribution in [0.1, 0.15) is 56.2 Å². The monoisotopic (exact) mass is 520 g/mol. The topological polar surface area (TPSA) is 49.4 Å². The fraction of sp³-hybridized carbons (Fsp3) is 0.310. The van der Waals surface area contributed by atoms with Gasteiger partial charge in [0, 0.05) is 29.4 Å². The third-order valence-electron chi connectivity index (χ3n) is 6.22. The van der Waals surface area contributed by atoms with Crippen LogP contribution in [-0.4, -0.2) is 28.8 Å². The van der Waals surface area contributed by atoms with E-state index in [0.717, 1.165) is 27.6 Å². The third kappa shape index (κ3) is 7.04. The number of halogens is 1. The Morgan fingerprint density at radius 2 is 1.38 bits per heavy atom. The number of benzene rings is 3. The van der Waals surface area contributed by atoms with E-state index in [4.69, 9.17) is 0 Å². The smallest absolute Gasteiger partial charge is 0.242 e. The van der Waals surface area contributed by atoms with Crippen LogP contribution >= 0.6 is 15.9 Å². The van der Waals surface area contributed by atoms with E-state index in [1.54, 1.807) is 4.90 Å². The molecule has 1 N–H and O–H groups in total. The van der Waals surface area contributed by atoms with Crippen LogP contribution in [0.15, 0.2) is 89.4 Å². The molecule has 0 spiro atoms. The zero-order valence-electron chi connectivity index (χ0n) is 20.1. The second-order valence-corrected chi connectivity index (χ2v) is 9.64. The Bertz CT molecular complexity index is 1020. The number of hydrogen-bond donors (Lipinski definition) is 1. The summed E-state index contributed by atoms with van der Waals surface area (Å²) >= 11 is 3.47. The molecule has 4 nitrogen and oxygen atoms in total. The zero-order valence-corrected chi connectivity index (χ0v) is 21.7. The second-order valence-electron chi connectivity index (χ2n) is 8.72. The summed E-state index contributed by atoms with van der Waals surface area (Å²) in [5.74, 6) is -0.268. The van der Waals surface area contributed by atoms with E-state index in [-0.39, 0.29) is 30.2 Å². The van der Waals surface area contributed by atoms with Crippen LogP contribution in [0.4, 0.5) is 0 Å². The van der Waals surface area contributed by atoms with Crippen molar-refractivity contribution in [1.29, 1.82) is 0 Å². The van der Waals surface area contributed by atoms with Crippen molar-refractivity contribution in [3.05, 3.63) is 106 Å². The quantitative estimate of drug-likeness (QED) is 0.340. The van der Waals surface area contributed by atoms with Gasteiger partial charge in [-0.3, -0.25) is 9.59 Å². The Balaban J connectivity index is 1.90. The molecule has 178 valence electrons. The van der Waals surface area contributed by atoms with Gasteiger partial charge in [0.25, 0.3) is 0 Å². The minimum atomic E-state index is -0.586. The summed E-state index contributed by atoms with van der Waals surface area (Å²) in [4.78, 5) is 28.5. The molecule has 5 heteroatoms. The number of nitrogens with zero attached hydrogens (tertiary/aromatic N) is 1. The molecule has 0 aliphatic rings. The molecular formula is C29H33BrN2O2. The van der Waals surface area contributed by atoms with Crippen LogP contribution in [0, 0.1) is 0 Å². The van der Waals surface area contributed by atoms with Crippen molar-refractivity contribution in [2.45, 2.75) is 58.2 Å². The van der Waals surface area contributed by atoms with Gasteiger partial charge in [0.1, 0.15) is 6.04 Å². The maximum absolute atomic E-state index is 13.8. The standard InChI is InChI=1S/C29H33BrN2O2/c1-4-21(2)31-29(34)22(3)32(20-23-15-17-26(30)18-16-23)28(33)19-27(24-11-7-5-8-12-24)25-13-9-6-10-14-25/h5-18,21-22,27H,4,19-20H2,1-3H3,(H,31,34)/t21-,22+/m0/s1. The van der Waals surface area contributed by atoms with Gasteiger partial charge in [0.2, 0.25) is 11.8 Å². The van der Waals surface area contributed by atoms with Crippen molar-refractivity contribution >= 4 is 27.7 Å². The molecule has 0 saturated carbocycles. The number of nitrogens with one attached hydrogen (secondary N) is 1. The average Bonchev–Trinajstić information content (AvgIpc) is 2.87. The van der Waals surface area contributed by atoms with Crippen LogP contribution in [0.25, 0.3) is 0 Å². The molecule has 3 aromatic carbocycles. The third-order valence-corrected chi connectivity index (χ3v) is 6.75. The molecule has 0 aliphatic heterocycles. The summed E-state index contributed by atoms with van der Waals surface area (Å²) in [6, 6.07) is 27.5. The van der Waals surface area contributed by atoms with Gasteiger partial charge in [-0.1, -0.05) is 95.7 Å². The molecule has 0 radical (unpaired) electrons. The highest BCUT2D eigenvalue weighted by molar-refractivity contribution is 9.10. The molecule has 0 bridgehead atoms. The van der Waals surface area contributed by atoms with Crippen molar-refractivity contribution in [3.63, 3.8) is 0 Å². The maximum Gasteiger partial charge on any atom is 0.242 e. The molecular weight excluding hydrogens is 488 g/mol. The molecule has 34 heavy (non-hydrogen) atoms. The predicted molar refractivity (Wildman–Crippen MR) is 141 cm³/mol. The number of carbonyl (C=O) groups is 2. The van der Waals surface area contributed by atoms with Gasteiger partial charge in [-0.2, -0.15) is 0 Å². The lowest BCUT2D eigenvalue weighted by atomic mass is 9.88. The molecule has 3 aromatic rings. The maximum atomic E-state index is 13.8. The molecule has 3 rings (SSSR count). The molecule has 0 aliphatic carbocycles. The first-order chi connectivity index (χ1) is 16.4. The largest absolute Gasteiger partial charge is 0.352 e. The lowest BCUT2D eigenvalue weighted by Crippen LogP contribution is -2.49. The second kappa shape index (κ2) is 12.5. The fourth-order valence-electron chi connectivity index (χ4n) is 3.93. The van der Waals surface area contributed by atoms with E-state index in [9.17, 15) is 9.59 Å². The van der Waals surface area contributed by atoms with Crippen molar-refractivity contribution < 1.29 is 9.59 Å². The van der Waals surface area contributed by atoms with Gasteiger partial charge in [-0.05, 0) is 49.1 Å². The number of carbonyl (C=O) groups excluding carboxylic acids is 2. The summed E-state index contributed by atoms with van der Waals surface area (Å²) in [6.45, 7) is 6.20.